The van der Waals surface area contributed by atoms with Crippen LogP contribution in [0.25, 0.3) is 0 Å². The molecule has 0 amide bonds. The Bertz CT molecular complexity index is 175. The second kappa shape index (κ2) is 10.2. The van der Waals surface area contributed by atoms with Crippen molar-refractivity contribution in [2.24, 2.45) is 0 Å². The predicted octanol–water partition coefficient (Wildman–Crippen LogP) is 3.91. The second-order valence-electron chi connectivity index (χ2n) is 2.91. The monoisotopic (exact) mass is 365 g/mol. The summed E-state index contributed by atoms with van der Waals surface area (Å²) in [6.45, 7) is 0.398. The van der Waals surface area contributed by atoms with Gasteiger partial charge in [-0.15, -0.1) is 4.89 Å². The lowest BCUT2D eigenvalue weighted by molar-refractivity contribution is 0.126. The summed E-state index contributed by atoms with van der Waals surface area (Å²) in [5, 5.41) is 1.71. The van der Waals surface area contributed by atoms with Gasteiger partial charge in [-0.25, -0.2) is 4.57 Å². The van der Waals surface area contributed by atoms with E-state index in [0.29, 0.717) is 12.8 Å². The molecule has 15 heavy (non-hydrogen) atoms. The number of unbranched alkanes of at least 4 members (excludes halogenated alkanes) is 2. The standard InChI is InChI=1S/C8H16Br2O4P/c9-5-1-3-7-13-15(11,12)14-8-4-2-6-10/h1-8H2. The largest absolute Gasteiger partial charge is 0.502 e. The van der Waals surface area contributed by atoms with Gasteiger partial charge < -0.3 is 0 Å². The Balaban J connectivity index is 3.45. The van der Waals surface area contributed by atoms with Crippen LogP contribution in [0.5, 0.6) is 0 Å². The van der Waals surface area contributed by atoms with E-state index in [4.69, 9.17) is 0 Å². The number of alkyl halides is 2. The SMILES string of the molecule is [O]P(=O)(OCCCCBr)OCCCCBr. The molecule has 0 N–H and O–H groups in total. The van der Waals surface area contributed by atoms with Crippen LogP contribution in [0.3, 0.4) is 0 Å². The highest BCUT2D eigenvalue weighted by atomic mass is 79.9. The van der Waals surface area contributed by atoms with E-state index in [2.05, 4.69) is 40.9 Å². The Morgan fingerprint density at radius 1 is 0.867 bits per heavy atom. The maximum Gasteiger partial charge on any atom is 0.502 e. The Morgan fingerprint density at radius 2 is 1.27 bits per heavy atom. The average Bonchev–Trinajstić information content (AvgIpc) is 2.20. The molecule has 7 heteroatoms. The van der Waals surface area contributed by atoms with Crippen LogP contribution >= 0.6 is 39.7 Å². The minimum Gasteiger partial charge on any atom is -0.285 e. The molecule has 0 spiro atoms. The smallest absolute Gasteiger partial charge is 0.285 e. The van der Waals surface area contributed by atoms with E-state index in [1.165, 1.54) is 0 Å². The van der Waals surface area contributed by atoms with E-state index < -0.39 is 7.82 Å². The maximum atomic E-state index is 11.1. The fourth-order valence-corrected chi connectivity index (χ4v) is 2.36. The molecule has 0 saturated heterocycles. The van der Waals surface area contributed by atoms with Crippen LogP contribution in [-0.2, 0) is 18.5 Å². The normalized spacial score (nSPS) is 11.9. The number of hydrogen-bond donors (Lipinski definition) is 0. The molecule has 0 aliphatic heterocycles. The van der Waals surface area contributed by atoms with Crippen LogP contribution in [0.2, 0.25) is 0 Å². The van der Waals surface area contributed by atoms with E-state index in [-0.39, 0.29) is 13.2 Å². The van der Waals surface area contributed by atoms with E-state index >= 15 is 0 Å². The molecule has 0 bridgehead atoms. The Kier molecular flexibility index (Phi) is 11.0. The summed E-state index contributed by atoms with van der Waals surface area (Å²) in [6, 6.07) is 0. The molecule has 1 radical (unpaired) electrons. The molecule has 0 rings (SSSR count). The van der Waals surface area contributed by atoms with Gasteiger partial charge in [-0.1, -0.05) is 31.9 Å². The average molecular weight is 367 g/mol. The number of hydrogen-bond acceptors (Lipinski definition) is 3. The molecule has 0 fully saturated rings. The van der Waals surface area contributed by atoms with E-state index in [9.17, 15) is 9.46 Å². The lowest BCUT2D eigenvalue weighted by Gasteiger charge is -2.09. The highest BCUT2D eigenvalue weighted by Crippen LogP contribution is 2.44. The third-order valence-electron chi connectivity index (χ3n) is 1.55. The van der Waals surface area contributed by atoms with Gasteiger partial charge in [0, 0.05) is 10.7 Å². The molecule has 0 saturated carbocycles. The van der Waals surface area contributed by atoms with Gasteiger partial charge in [-0.05, 0) is 25.7 Å². The van der Waals surface area contributed by atoms with Gasteiger partial charge in [-0.2, -0.15) is 0 Å². The lowest BCUT2D eigenvalue weighted by atomic mass is 10.4. The van der Waals surface area contributed by atoms with Crippen molar-refractivity contribution in [3.63, 3.8) is 0 Å². The quantitative estimate of drug-likeness (QED) is 0.334. The van der Waals surface area contributed by atoms with Gasteiger partial charge in [0.15, 0.2) is 0 Å². The summed E-state index contributed by atoms with van der Waals surface area (Å²) < 4.78 is 20.4. The molecule has 0 aromatic rings. The van der Waals surface area contributed by atoms with Crippen LogP contribution in [0.4, 0.5) is 0 Å². The molecule has 91 valence electrons. The molecule has 0 aromatic carbocycles. The molecule has 0 aromatic heterocycles. The third kappa shape index (κ3) is 11.3. The molecule has 0 heterocycles. The summed E-state index contributed by atoms with van der Waals surface area (Å²) in [4.78, 5) is 11.1. The Morgan fingerprint density at radius 3 is 1.60 bits per heavy atom. The summed E-state index contributed by atoms with van der Waals surface area (Å²) >= 11 is 6.50. The minimum atomic E-state index is -4.05. The van der Waals surface area contributed by atoms with Gasteiger partial charge in [-0.3, -0.25) is 9.05 Å². The summed E-state index contributed by atoms with van der Waals surface area (Å²) in [5.74, 6) is 0. The first-order chi connectivity index (χ1) is 7.12. The van der Waals surface area contributed by atoms with Crippen molar-refractivity contribution in [3.05, 3.63) is 0 Å². The molecular weight excluding hydrogens is 351 g/mol. The van der Waals surface area contributed by atoms with Crippen LogP contribution in [0.15, 0.2) is 0 Å². The first-order valence-electron chi connectivity index (χ1n) is 4.84. The van der Waals surface area contributed by atoms with Crippen molar-refractivity contribution in [2.45, 2.75) is 25.7 Å². The van der Waals surface area contributed by atoms with Gasteiger partial charge in [0.1, 0.15) is 0 Å². The highest BCUT2D eigenvalue weighted by Gasteiger charge is 2.22. The van der Waals surface area contributed by atoms with Crippen molar-refractivity contribution in [1.29, 1.82) is 0 Å². The Hall–Kier alpha value is 1.07. The number of rotatable bonds is 10. The maximum absolute atomic E-state index is 11.1. The molecule has 4 nitrogen and oxygen atoms in total. The van der Waals surface area contributed by atoms with Crippen LogP contribution in [-0.4, -0.2) is 23.9 Å². The van der Waals surface area contributed by atoms with E-state index in [1.807, 2.05) is 0 Å². The first-order valence-corrected chi connectivity index (χ1v) is 8.55. The minimum absolute atomic E-state index is 0.199. The van der Waals surface area contributed by atoms with Gasteiger partial charge in [0.25, 0.3) is 0 Å². The van der Waals surface area contributed by atoms with E-state index in [0.717, 1.165) is 23.5 Å². The fourth-order valence-electron chi connectivity index (χ4n) is 0.783. The van der Waals surface area contributed by atoms with Crippen molar-refractivity contribution in [2.75, 3.05) is 23.9 Å². The van der Waals surface area contributed by atoms with Crippen molar-refractivity contribution in [1.82, 2.24) is 0 Å². The summed E-state index contributed by atoms with van der Waals surface area (Å²) in [6.07, 6.45) is 3.21. The second-order valence-corrected chi connectivity index (χ2v) is 5.90. The van der Waals surface area contributed by atoms with Gasteiger partial charge in [0.05, 0.1) is 13.2 Å². The molecule has 0 unspecified atom stereocenters. The van der Waals surface area contributed by atoms with Crippen LogP contribution < -0.4 is 0 Å². The van der Waals surface area contributed by atoms with Crippen molar-refractivity contribution in [3.8, 4) is 0 Å². The predicted molar refractivity (Wildman–Crippen MR) is 66.3 cm³/mol. The number of halogens is 2. The first kappa shape index (κ1) is 16.1. The lowest BCUT2D eigenvalue weighted by Crippen LogP contribution is -1.98. The Labute approximate surface area is 108 Å². The molecular formula is C8H16Br2O4P. The molecule has 0 aliphatic carbocycles. The zero-order valence-corrected chi connectivity index (χ0v) is 12.6. The van der Waals surface area contributed by atoms with Gasteiger partial charge >= 0.3 is 7.82 Å². The van der Waals surface area contributed by atoms with E-state index in [1.54, 1.807) is 0 Å². The third-order valence-corrected chi connectivity index (χ3v) is 3.67. The fraction of sp³-hybridized carbons (Fsp3) is 1.00. The molecule has 0 aliphatic rings. The van der Waals surface area contributed by atoms with Gasteiger partial charge in [0.2, 0.25) is 0 Å². The topological polar surface area (TPSA) is 55.4 Å². The van der Waals surface area contributed by atoms with Crippen LogP contribution in [0, 0.1) is 0 Å². The summed E-state index contributed by atoms with van der Waals surface area (Å²) in [5.41, 5.74) is 0. The molecule has 0 atom stereocenters. The highest BCUT2D eigenvalue weighted by molar-refractivity contribution is 9.09. The summed E-state index contributed by atoms with van der Waals surface area (Å²) in [7, 11) is -4.05. The zero-order chi connectivity index (χ0) is 11.6. The van der Waals surface area contributed by atoms with Crippen LogP contribution in [0.1, 0.15) is 25.7 Å². The van der Waals surface area contributed by atoms with Crippen molar-refractivity contribution < 1.29 is 18.5 Å². The zero-order valence-electron chi connectivity index (χ0n) is 8.49. The van der Waals surface area contributed by atoms with Crippen molar-refractivity contribution >= 4 is 39.7 Å².